The zero-order chi connectivity index (χ0) is 13.8. The molecule has 1 aromatic carbocycles. The zero-order valence-electron chi connectivity index (χ0n) is 10.6. The summed E-state index contributed by atoms with van der Waals surface area (Å²) in [5, 5.41) is 11.9. The zero-order valence-corrected chi connectivity index (χ0v) is 11.5. The third-order valence-electron chi connectivity index (χ3n) is 2.48. The molecule has 100 valence electrons. The maximum Gasteiger partial charge on any atom is 0.261 e. The van der Waals surface area contributed by atoms with E-state index in [0.717, 1.165) is 11.4 Å². The van der Waals surface area contributed by atoms with E-state index < -0.39 is 0 Å². The fourth-order valence-electron chi connectivity index (χ4n) is 1.57. The number of nitrogens with two attached hydrogens (primary N) is 1. The Morgan fingerprint density at radius 3 is 2.89 bits per heavy atom. The molecule has 3 N–H and O–H groups in total. The SMILES string of the molecule is CCc1nnc(NC(=O)c2cccc(N)c2OC)s1. The Morgan fingerprint density at radius 1 is 1.47 bits per heavy atom. The summed E-state index contributed by atoms with van der Waals surface area (Å²) >= 11 is 1.35. The molecule has 0 atom stereocenters. The van der Waals surface area contributed by atoms with Crippen molar-refractivity contribution in [2.75, 3.05) is 18.2 Å². The van der Waals surface area contributed by atoms with Gasteiger partial charge >= 0.3 is 0 Å². The molecule has 0 unspecified atom stereocenters. The first-order chi connectivity index (χ1) is 9.15. The average Bonchev–Trinajstić information content (AvgIpc) is 2.86. The number of carbonyl (C=O) groups is 1. The van der Waals surface area contributed by atoms with Crippen LogP contribution in [0.1, 0.15) is 22.3 Å². The number of hydrogen-bond acceptors (Lipinski definition) is 6. The minimum absolute atomic E-state index is 0.317. The van der Waals surface area contributed by atoms with E-state index in [4.69, 9.17) is 10.5 Å². The van der Waals surface area contributed by atoms with Crippen molar-refractivity contribution in [1.82, 2.24) is 10.2 Å². The third-order valence-corrected chi connectivity index (χ3v) is 3.47. The smallest absolute Gasteiger partial charge is 0.261 e. The lowest BCUT2D eigenvalue weighted by molar-refractivity contribution is 0.102. The van der Waals surface area contributed by atoms with Gasteiger partial charge in [0.1, 0.15) is 5.01 Å². The molecule has 0 spiro atoms. The number of nitrogens with one attached hydrogen (secondary N) is 1. The highest BCUT2D eigenvalue weighted by Gasteiger charge is 2.16. The second-order valence-electron chi connectivity index (χ2n) is 3.74. The summed E-state index contributed by atoms with van der Waals surface area (Å²) in [5.41, 5.74) is 6.55. The average molecular weight is 278 g/mol. The Bertz CT molecular complexity index is 597. The first-order valence-corrected chi connectivity index (χ1v) is 6.53. The van der Waals surface area contributed by atoms with Gasteiger partial charge in [-0.25, -0.2) is 0 Å². The third kappa shape index (κ3) is 2.82. The lowest BCUT2D eigenvalue weighted by Crippen LogP contribution is -2.13. The van der Waals surface area contributed by atoms with E-state index in [9.17, 15) is 4.79 Å². The minimum Gasteiger partial charge on any atom is -0.494 e. The number of methoxy groups -OCH3 is 1. The molecule has 0 radical (unpaired) electrons. The van der Waals surface area contributed by atoms with Gasteiger partial charge in [0.05, 0.1) is 18.4 Å². The van der Waals surface area contributed by atoms with E-state index in [1.165, 1.54) is 18.4 Å². The number of rotatable bonds is 4. The van der Waals surface area contributed by atoms with Gasteiger partial charge < -0.3 is 10.5 Å². The Labute approximate surface area is 114 Å². The van der Waals surface area contributed by atoms with Crippen molar-refractivity contribution < 1.29 is 9.53 Å². The van der Waals surface area contributed by atoms with Crippen molar-refractivity contribution in [2.45, 2.75) is 13.3 Å². The number of nitrogens with zero attached hydrogens (tertiary/aromatic N) is 2. The molecule has 0 aliphatic heterocycles. The van der Waals surface area contributed by atoms with Crippen LogP contribution in [0.5, 0.6) is 5.75 Å². The molecule has 0 aliphatic rings. The van der Waals surface area contributed by atoms with Gasteiger partial charge in [-0.2, -0.15) is 0 Å². The molecule has 7 heteroatoms. The molecule has 2 rings (SSSR count). The quantitative estimate of drug-likeness (QED) is 0.834. The summed E-state index contributed by atoms with van der Waals surface area (Å²) in [6.45, 7) is 1.98. The maximum absolute atomic E-state index is 12.1. The summed E-state index contributed by atoms with van der Waals surface area (Å²) in [5.74, 6) is 0.0446. The molecule has 0 aliphatic carbocycles. The molecule has 6 nitrogen and oxygen atoms in total. The molecule has 1 heterocycles. The highest BCUT2D eigenvalue weighted by atomic mass is 32.1. The van der Waals surface area contributed by atoms with E-state index in [1.807, 2.05) is 6.92 Å². The lowest BCUT2D eigenvalue weighted by Gasteiger charge is -2.09. The van der Waals surface area contributed by atoms with Crippen molar-refractivity contribution in [3.8, 4) is 5.75 Å². The van der Waals surface area contributed by atoms with Gasteiger partial charge in [0, 0.05) is 0 Å². The molecule has 0 fully saturated rings. The molecule has 2 aromatic rings. The number of anilines is 2. The van der Waals surface area contributed by atoms with Crippen LogP contribution in [0.15, 0.2) is 18.2 Å². The minimum atomic E-state index is -0.317. The van der Waals surface area contributed by atoms with Crippen LogP contribution < -0.4 is 15.8 Å². The number of aromatic nitrogens is 2. The predicted molar refractivity (Wildman–Crippen MR) is 74.6 cm³/mol. The van der Waals surface area contributed by atoms with Gasteiger partial charge in [-0.3, -0.25) is 10.1 Å². The highest BCUT2D eigenvalue weighted by Crippen LogP contribution is 2.27. The molecule has 0 saturated heterocycles. The van der Waals surface area contributed by atoms with Gasteiger partial charge in [-0.1, -0.05) is 24.3 Å². The number of amides is 1. The van der Waals surface area contributed by atoms with Crippen molar-refractivity contribution >= 4 is 28.1 Å². The van der Waals surface area contributed by atoms with Gasteiger partial charge in [0.15, 0.2) is 5.75 Å². The summed E-state index contributed by atoms with van der Waals surface area (Å²) < 4.78 is 5.14. The Kier molecular flexibility index (Phi) is 3.96. The fourth-order valence-corrected chi connectivity index (χ4v) is 2.25. The number of para-hydroxylation sites is 1. The first kappa shape index (κ1) is 13.3. The van der Waals surface area contributed by atoms with Crippen molar-refractivity contribution in [3.63, 3.8) is 0 Å². The van der Waals surface area contributed by atoms with Gasteiger partial charge in [-0.05, 0) is 18.6 Å². The van der Waals surface area contributed by atoms with Crippen molar-refractivity contribution in [1.29, 1.82) is 0 Å². The lowest BCUT2D eigenvalue weighted by atomic mass is 10.1. The van der Waals surface area contributed by atoms with Crippen LogP contribution >= 0.6 is 11.3 Å². The number of nitrogen functional groups attached to an aromatic ring is 1. The molecular formula is C12H14N4O2S. The van der Waals surface area contributed by atoms with E-state index in [-0.39, 0.29) is 5.91 Å². The van der Waals surface area contributed by atoms with Crippen LogP contribution in [-0.4, -0.2) is 23.2 Å². The van der Waals surface area contributed by atoms with Gasteiger partial charge in [0.2, 0.25) is 5.13 Å². The second kappa shape index (κ2) is 5.66. The number of carbonyl (C=O) groups excluding carboxylic acids is 1. The standard InChI is InChI=1S/C12H14N4O2S/c1-3-9-15-16-12(19-9)14-11(17)7-5-4-6-8(13)10(7)18-2/h4-6H,3,13H2,1-2H3,(H,14,16,17). The molecule has 0 saturated carbocycles. The summed E-state index contributed by atoms with van der Waals surface area (Å²) in [4.78, 5) is 12.1. The topological polar surface area (TPSA) is 90.1 Å². The predicted octanol–water partition coefficient (Wildman–Crippen LogP) is 1.94. The van der Waals surface area contributed by atoms with E-state index in [0.29, 0.717) is 22.1 Å². The largest absolute Gasteiger partial charge is 0.494 e. The summed E-state index contributed by atoms with van der Waals surface area (Å²) in [7, 11) is 1.47. The first-order valence-electron chi connectivity index (χ1n) is 5.72. The molecule has 19 heavy (non-hydrogen) atoms. The van der Waals surface area contributed by atoms with Crippen LogP contribution in [0, 0.1) is 0 Å². The Hall–Kier alpha value is -2.15. The Morgan fingerprint density at radius 2 is 2.26 bits per heavy atom. The number of aryl methyl sites for hydroxylation is 1. The van der Waals surface area contributed by atoms with Gasteiger partial charge in [-0.15, -0.1) is 10.2 Å². The van der Waals surface area contributed by atoms with Crippen LogP contribution in [-0.2, 0) is 6.42 Å². The maximum atomic E-state index is 12.1. The molecule has 1 amide bonds. The van der Waals surface area contributed by atoms with Crippen LogP contribution in [0.3, 0.4) is 0 Å². The molecular weight excluding hydrogens is 264 g/mol. The van der Waals surface area contributed by atoms with E-state index >= 15 is 0 Å². The number of ether oxygens (including phenoxy) is 1. The van der Waals surface area contributed by atoms with Crippen molar-refractivity contribution in [3.05, 3.63) is 28.8 Å². The number of benzene rings is 1. The molecule has 0 bridgehead atoms. The highest BCUT2D eigenvalue weighted by molar-refractivity contribution is 7.15. The van der Waals surface area contributed by atoms with E-state index in [1.54, 1.807) is 18.2 Å². The second-order valence-corrected chi connectivity index (χ2v) is 4.80. The monoisotopic (exact) mass is 278 g/mol. The van der Waals surface area contributed by atoms with Crippen molar-refractivity contribution in [2.24, 2.45) is 0 Å². The van der Waals surface area contributed by atoms with Gasteiger partial charge in [0.25, 0.3) is 5.91 Å². The summed E-state index contributed by atoms with van der Waals surface area (Å²) in [6.07, 6.45) is 0.787. The fraction of sp³-hybridized carbons (Fsp3) is 0.250. The number of hydrogen-bond donors (Lipinski definition) is 2. The summed E-state index contributed by atoms with van der Waals surface area (Å²) in [6, 6.07) is 5.02. The Balaban J connectivity index is 2.22. The van der Waals surface area contributed by atoms with E-state index in [2.05, 4.69) is 15.5 Å². The molecule has 1 aromatic heterocycles. The normalized spacial score (nSPS) is 10.2. The van der Waals surface area contributed by atoms with Crippen LogP contribution in [0.2, 0.25) is 0 Å². The van der Waals surface area contributed by atoms with Crippen LogP contribution in [0.4, 0.5) is 10.8 Å². The van der Waals surface area contributed by atoms with Crippen LogP contribution in [0.25, 0.3) is 0 Å².